The molecule has 0 atom stereocenters. The molecule has 0 aliphatic heterocycles. The van der Waals surface area contributed by atoms with E-state index in [9.17, 15) is 17.3 Å². The Morgan fingerprint density at radius 3 is 0.833 bits per heavy atom. The third-order valence-electron chi connectivity index (χ3n) is 0.190. The van der Waals surface area contributed by atoms with Crippen LogP contribution >= 0.6 is 0 Å². The van der Waals surface area contributed by atoms with Gasteiger partial charge in [0, 0.05) is 0 Å². The largest absolute Gasteiger partial charge is 0.577 e. The minimum Gasteiger partial charge on any atom is -0.289 e. The van der Waals surface area contributed by atoms with E-state index in [1.807, 2.05) is 0 Å². The highest BCUT2D eigenvalue weighted by molar-refractivity contribution is 7.09. The number of halogens is 4. The van der Waals surface area contributed by atoms with Gasteiger partial charge < -0.3 is 0 Å². The van der Waals surface area contributed by atoms with Crippen LogP contribution in [-0.4, -0.2) is 14.3 Å². The molecule has 0 saturated carbocycles. The Kier molecular flexibility index (Phi) is 2.05. The van der Waals surface area contributed by atoms with Gasteiger partial charge in [0.15, 0.2) is 0 Å². The second kappa shape index (κ2) is 2.10. The van der Waals surface area contributed by atoms with Crippen molar-refractivity contribution in [1.82, 2.24) is 0 Å². The molecule has 0 nitrogen and oxygen atoms in total. The van der Waals surface area contributed by atoms with E-state index in [0.29, 0.717) is 0 Å². The molecule has 0 aromatic carbocycles. The lowest BCUT2D eigenvalue weighted by molar-refractivity contribution is 0.624. The highest BCUT2D eigenvalue weighted by Crippen LogP contribution is 1.94. The molecule has 6 heavy (non-hydrogen) atoms. The molecule has 0 unspecified atom stereocenters. The van der Waals surface area contributed by atoms with Gasteiger partial charge in [-0.3, -0.25) is 17.3 Å². The van der Waals surface area contributed by atoms with E-state index in [1.165, 1.54) is 0 Å². The number of hydrogen-bond acceptors (Lipinski definition) is 0. The molecule has 0 N–H and O–H groups in total. The molecule has 0 aromatic heterocycles. The fourth-order valence-corrected chi connectivity index (χ4v) is 0. The van der Waals surface area contributed by atoms with Gasteiger partial charge in [-0.2, -0.15) is 0 Å². The molecule has 0 radical (unpaired) electrons. The average Bonchev–Trinajstić information content (AvgIpc) is 1.36. The van der Waals surface area contributed by atoms with Crippen LogP contribution in [0.3, 0.4) is 0 Å². The Balaban J connectivity index is 2.99. The quantitative estimate of drug-likeness (QED) is 0.337. The molecule has 6 heteroatoms. The molecule has 0 heterocycles. The fraction of sp³-hybridized carbons (Fsp3) is 0. The summed E-state index contributed by atoms with van der Waals surface area (Å²) >= 11 is 0. The normalized spacial score (nSPS) is 8.00. The molecular formula is B2F4. The van der Waals surface area contributed by atoms with E-state index in [-0.39, 0.29) is 0 Å². The second-order valence-corrected chi connectivity index (χ2v) is 0.669. The zero-order valence-electron chi connectivity index (χ0n) is 2.67. The highest BCUT2D eigenvalue weighted by Gasteiger charge is 2.34. The van der Waals surface area contributed by atoms with Gasteiger partial charge in [0.1, 0.15) is 0 Å². The molecule has 0 saturated heterocycles. The van der Waals surface area contributed by atoms with E-state index in [4.69, 9.17) is 0 Å². The summed E-state index contributed by atoms with van der Waals surface area (Å²) < 4.78 is 41.6. The van der Waals surface area contributed by atoms with Gasteiger partial charge in [-0.05, 0) is 0 Å². The Labute approximate surface area is 32.9 Å². The molecule has 0 spiro atoms. The molecule has 0 amide bonds. The minimum absolute atomic E-state index is 3.48. The van der Waals surface area contributed by atoms with Crippen molar-refractivity contribution >= 4 is 14.3 Å². The van der Waals surface area contributed by atoms with Crippen molar-refractivity contribution in [1.29, 1.82) is 0 Å². The topological polar surface area (TPSA) is 0 Å². The van der Waals surface area contributed by atoms with Crippen LogP contribution in [0, 0.1) is 0 Å². The van der Waals surface area contributed by atoms with Crippen molar-refractivity contribution in [2.75, 3.05) is 0 Å². The molecule has 0 fully saturated rings. The molecule has 0 rings (SSSR count). The first-order chi connectivity index (χ1) is 2.64. The van der Waals surface area contributed by atoms with Crippen molar-refractivity contribution in [3.05, 3.63) is 0 Å². The van der Waals surface area contributed by atoms with E-state index in [1.54, 1.807) is 0 Å². The Morgan fingerprint density at radius 1 is 0.667 bits per heavy atom. The molecule has 0 bridgehead atoms. The summed E-state index contributed by atoms with van der Waals surface area (Å²) in [5.41, 5.74) is 0. The van der Waals surface area contributed by atoms with Crippen LogP contribution < -0.4 is 0 Å². The molecule has 0 aliphatic rings. The van der Waals surface area contributed by atoms with Gasteiger partial charge in [-0.1, -0.05) is 0 Å². The molecule has 0 aliphatic carbocycles. The smallest absolute Gasteiger partial charge is 0.289 e. The monoisotopic (exact) mass is 98.0 g/mol. The molecule has 0 aromatic rings. The summed E-state index contributed by atoms with van der Waals surface area (Å²) in [6.07, 6.45) is 0. The zero-order valence-corrected chi connectivity index (χ0v) is 2.67. The lowest BCUT2D eigenvalue weighted by Gasteiger charge is -1.77. The van der Waals surface area contributed by atoms with Gasteiger partial charge in [0.05, 0.1) is 0 Å². The number of rotatable bonds is 1. The van der Waals surface area contributed by atoms with E-state index < -0.39 is 14.3 Å². The Morgan fingerprint density at radius 2 is 0.833 bits per heavy atom. The van der Waals surface area contributed by atoms with E-state index in [2.05, 4.69) is 0 Å². The Bertz CT molecular complexity index is 26.5. The third kappa shape index (κ3) is 2.11. The van der Waals surface area contributed by atoms with Gasteiger partial charge in [0.2, 0.25) is 0 Å². The summed E-state index contributed by atoms with van der Waals surface area (Å²) in [6, 6.07) is 0. The van der Waals surface area contributed by atoms with Crippen LogP contribution in [-0.2, 0) is 0 Å². The predicted octanol–water partition coefficient (Wildman–Crippen LogP) is 0.919. The summed E-state index contributed by atoms with van der Waals surface area (Å²) in [5.74, 6) is 0. The van der Waals surface area contributed by atoms with Crippen molar-refractivity contribution < 1.29 is 17.3 Å². The van der Waals surface area contributed by atoms with Gasteiger partial charge in [0.25, 0.3) is 0 Å². The summed E-state index contributed by atoms with van der Waals surface area (Å²) in [5, 5.41) is 0. The lowest BCUT2D eigenvalue weighted by Crippen LogP contribution is -2.16. The predicted molar refractivity (Wildman–Crippen MR) is 15.9 cm³/mol. The Hall–Kier alpha value is -0.150. The minimum atomic E-state index is -3.48. The van der Waals surface area contributed by atoms with Crippen LogP contribution in [0.25, 0.3) is 0 Å². The summed E-state index contributed by atoms with van der Waals surface area (Å²) in [7, 11) is -6.96. The first kappa shape index (κ1) is 5.85. The van der Waals surface area contributed by atoms with Gasteiger partial charge >= 0.3 is 14.3 Å². The first-order valence-corrected chi connectivity index (χ1v) is 1.21. The van der Waals surface area contributed by atoms with Crippen LogP contribution in [0.5, 0.6) is 0 Å². The zero-order chi connectivity index (χ0) is 5.15. The standard InChI is InChI=1S/B2F4/c3-1(4)2(5)6. The molecular weight excluding hydrogens is 97.6 g/mol. The van der Waals surface area contributed by atoms with E-state index >= 15 is 0 Å². The molecule has 34 valence electrons. The van der Waals surface area contributed by atoms with Gasteiger partial charge in [-0.15, -0.1) is 0 Å². The van der Waals surface area contributed by atoms with Crippen molar-refractivity contribution in [2.45, 2.75) is 0 Å². The summed E-state index contributed by atoms with van der Waals surface area (Å²) in [6.45, 7) is 0. The summed E-state index contributed by atoms with van der Waals surface area (Å²) in [4.78, 5) is 0. The SMILES string of the molecule is FB(F)B(F)F. The average molecular weight is 97.6 g/mol. The lowest BCUT2D eigenvalue weighted by atomic mass is 9.60. The maximum atomic E-state index is 10.4. The second-order valence-electron chi connectivity index (χ2n) is 0.669. The van der Waals surface area contributed by atoms with Gasteiger partial charge in [-0.25, -0.2) is 0 Å². The number of hydrogen-bond donors (Lipinski definition) is 0. The van der Waals surface area contributed by atoms with Crippen LogP contribution in [0.2, 0.25) is 0 Å². The van der Waals surface area contributed by atoms with Crippen LogP contribution in [0.4, 0.5) is 17.3 Å². The van der Waals surface area contributed by atoms with Crippen molar-refractivity contribution in [3.8, 4) is 0 Å². The van der Waals surface area contributed by atoms with Crippen molar-refractivity contribution in [3.63, 3.8) is 0 Å². The van der Waals surface area contributed by atoms with Crippen LogP contribution in [0.1, 0.15) is 0 Å². The maximum Gasteiger partial charge on any atom is 0.577 e. The van der Waals surface area contributed by atoms with E-state index in [0.717, 1.165) is 0 Å². The van der Waals surface area contributed by atoms with Crippen LogP contribution in [0.15, 0.2) is 0 Å². The fourth-order valence-electron chi connectivity index (χ4n) is 0. The van der Waals surface area contributed by atoms with Crippen molar-refractivity contribution in [2.24, 2.45) is 0 Å². The highest BCUT2D eigenvalue weighted by atomic mass is 19.3. The maximum absolute atomic E-state index is 10.4. The third-order valence-corrected chi connectivity index (χ3v) is 0.190. The first-order valence-electron chi connectivity index (χ1n) is 1.21.